The number of aromatic nitrogens is 2. The third-order valence-corrected chi connectivity index (χ3v) is 3.40. The summed E-state index contributed by atoms with van der Waals surface area (Å²) >= 11 is 0. The highest BCUT2D eigenvalue weighted by Crippen LogP contribution is 2.29. The fraction of sp³-hybridized carbons (Fsp3) is 0.667. The fourth-order valence-corrected chi connectivity index (χ4v) is 2.46. The van der Waals surface area contributed by atoms with Gasteiger partial charge in [-0.15, -0.1) is 0 Å². The van der Waals surface area contributed by atoms with Crippen LogP contribution in [-0.4, -0.2) is 22.1 Å². The fourth-order valence-electron chi connectivity index (χ4n) is 2.46. The lowest BCUT2D eigenvalue weighted by molar-refractivity contribution is 0.611. The zero-order chi connectivity index (χ0) is 11.5. The van der Waals surface area contributed by atoms with Crippen molar-refractivity contribution in [3.8, 4) is 0 Å². The van der Waals surface area contributed by atoms with E-state index in [9.17, 15) is 0 Å². The maximum atomic E-state index is 5.61. The number of anilines is 1. The van der Waals surface area contributed by atoms with Crippen molar-refractivity contribution in [2.75, 3.05) is 4.90 Å². The van der Waals surface area contributed by atoms with E-state index in [1.165, 1.54) is 12.8 Å². The van der Waals surface area contributed by atoms with Crippen LogP contribution >= 0.6 is 0 Å². The molecule has 0 radical (unpaired) electrons. The van der Waals surface area contributed by atoms with Gasteiger partial charge in [0.05, 0.1) is 5.69 Å². The first kappa shape index (κ1) is 11.3. The highest BCUT2D eigenvalue weighted by Gasteiger charge is 2.31. The van der Waals surface area contributed by atoms with Crippen molar-refractivity contribution < 1.29 is 0 Å². The summed E-state index contributed by atoms with van der Waals surface area (Å²) in [5.41, 5.74) is 6.53. The minimum absolute atomic E-state index is 0.481. The van der Waals surface area contributed by atoms with E-state index < -0.39 is 0 Å². The van der Waals surface area contributed by atoms with E-state index in [0.29, 0.717) is 18.6 Å². The molecule has 0 aromatic carbocycles. The Morgan fingerprint density at radius 3 is 3.00 bits per heavy atom. The predicted molar refractivity (Wildman–Crippen MR) is 65.2 cm³/mol. The monoisotopic (exact) mass is 220 g/mol. The SMILES string of the molecule is CCC1CCC(C)N1c1nccc(CN)n1. The quantitative estimate of drug-likeness (QED) is 0.842. The highest BCUT2D eigenvalue weighted by molar-refractivity contribution is 5.35. The molecule has 1 aromatic rings. The van der Waals surface area contributed by atoms with Crippen LogP contribution in [0.25, 0.3) is 0 Å². The molecule has 2 N–H and O–H groups in total. The molecule has 1 aliphatic heterocycles. The van der Waals surface area contributed by atoms with Gasteiger partial charge < -0.3 is 10.6 Å². The van der Waals surface area contributed by atoms with Crippen LogP contribution in [0.2, 0.25) is 0 Å². The van der Waals surface area contributed by atoms with Crippen LogP contribution in [-0.2, 0) is 6.54 Å². The second kappa shape index (κ2) is 4.78. The molecular weight excluding hydrogens is 200 g/mol. The Labute approximate surface area is 96.9 Å². The van der Waals surface area contributed by atoms with E-state index in [2.05, 4.69) is 28.7 Å². The number of hydrogen-bond acceptors (Lipinski definition) is 4. The van der Waals surface area contributed by atoms with Crippen LogP contribution in [0, 0.1) is 0 Å². The maximum absolute atomic E-state index is 5.61. The van der Waals surface area contributed by atoms with Gasteiger partial charge in [-0.3, -0.25) is 0 Å². The average molecular weight is 220 g/mol. The zero-order valence-corrected chi connectivity index (χ0v) is 10.1. The molecule has 4 nitrogen and oxygen atoms in total. The van der Waals surface area contributed by atoms with Crippen LogP contribution in [0.3, 0.4) is 0 Å². The Bertz CT molecular complexity index is 353. The van der Waals surface area contributed by atoms with Gasteiger partial charge in [0.1, 0.15) is 0 Å². The third kappa shape index (κ3) is 2.02. The normalized spacial score (nSPS) is 25.1. The van der Waals surface area contributed by atoms with Crippen molar-refractivity contribution in [1.82, 2.24) is 9.97 Å². The molecule has 0 spiro atoms. The summed E-state index contributed by atoms with van der Waals surface area (Å²) in [7, 11) is 0. The van der Waals surface area contributed by atoms with Gasteiger partial charge in [0.25, 0.3) is 0 Å². The first-order valence-corrected chi connectivity index (χ1v) is 6.06. The molecule has 1 aliphatic rings. The van der Waals surface area contributed by atoms with Gasteiger partial charge >= 0.3 is 0 Å². The minimum atomic E-state index is 0.481. The number of hydrogen-bond donors (Lipinski definition) is 1. The van der Waals surface area contributed by atoms with Gasteiger partial charge in [-0.1, -0.05) is 6.92 Å². The third-order valence-electron chi connectivity index (χ3n) is 3.40. The molecule has 1 fully saturated rings. The molecule has 0 bridgehead atoms. The lowest BCUT2D eigenvalue weighted by atomic mass is 10.2. The van der Waals surface area contributed by atoms with Crippen LogP contribution < -0.4 is 10.6 Å². The van der Waals surface area contributed by atoms with Crippen LogP contribution in [0.4, 0.5) is 5.95 Å². The van der Waals surface area contributed by atoms with Crippen LogP contribution in [0.15, 0.2) is 12.3 Å². The molecule has 2 heterocycles. The van der Waals surface area contributed by atoms with Crippen molar-refractivity contribution in [3.05, 3.63) is 18.0 Å². The lowest BCUT2D eigenvalue weighted by Crippen LogP contribution is -2.35. The predicted octanol–water partition coefficient (Wildman–Crippen LogP) is 1.70. The van der Waals surface area contributed by atoms with E-state index >= 15 is 0 Å². The number of rotatable bonds is 3. The van der Waals surface area contributed by atoms with Gasteiger partial charge in [0.2, 0.25) is 5.95 Å². The Morgan fingerprint density at radius 2 is 2.31 bits per heavy atom. The average Bonchev–Trinajstić information content (AvgIpc) is 2.70. The van der Waals surface area contributed by atoms with E-state index in [1.807, 2.05) is 12.3 Å². The van der Waals surface area contributed by atoms with E-state index in [0.717, 1.165) is 18.1 Å². The zero-order valence-electron chi connectivity index (χ0n) is 10.1. The number of nitrogens with zero attached hydrogens (tertiary/aromatic N) is 3. The molecular formula is C12H20N4. The minimum Gasteiger partial charge on any atom is -0.335 e. The summed E-state index contributed by atoms with van der Waals surface area (Å²) in [6, 6.07) is 3.01. The largest absolute Gasteiger partial charge is 0.335 e. The Kier molecular flexibility index (Phi) is 3.39. The molecule has 2 rings (SSSR count). The second-order valence-corrected chi connectivity index (χ2v) is 4.45. The summed E-state index contributed by atoms with van der Waals surface area (Å²) in [6.07, 6.45) is 5.44. The van der Waals surface area contributed by atoms with Crippen molar-refractivity contribution in [2.45, 2.75) is 51.7 Å². The van der Waals surface area contributed by atoms with Crippen molar-refractivity contribution in [2.24, 2.45) is 5.73 Å². The lowest BCUT2D eigenvalue weighted by Gasteiger charge is -2.28. The Balaban J connectivity index is 2.27. The Morgan fingerprint density at radius 1 is 1.50 bits per heavy atom. The van der Waals surface area contributed by atoms with Crippen LogP contribution in [0.1, 0.15) is 38.8 Å². The Hall–Kier alpha value is -1.16. The summed E-state index contributed by atoms with van der Waals surface area (Å²) in [5.74, 6) is 0.847. The summed E-state index contributed by atoms with van der Waals surface area (Å²) < 4.78 is 0. The van der Waals surface area contributed by atoms with Gasteiger partial charge in [-0.05, 0) is 32.3 Å². The molecule has 1 aromatic heterocycles. The maximum Gasteiger partial charge on any atom is 0.226 e. The molecule has 0 amide bonds. The molecule has 88 valence electrons. The molecule has 16 heavy (non-hydrogen) atoms. The molecule has 4 heteroatoms. The van der Waals surface area contributed by atoms with Gasteiger partial charge in [0.15, 0.2) is 0 Å². The first-order chi connectivity index (χ1) is 7.76. The smallest absolute Gasteiger partial charge is 0.226 e. The number of nitrogens with two attached hydrogens (primary N) is 1. The first-order valence-electron chi connectivity index (χ1n) is 6.06. The second-order valence-electron chi connectivity index (χ2n) is 4.45. The summed E-state index contributed by atoms with van der Waals surface area (Å²) in [5, 5.41) is 0. The van der Waals surface area contributed by atoms with E-state index in [-0.39, 0.29) is 0 Å². The van der Waals surface area contributed by atoms with Gasteiger partial charge in [-0.2, -0.15) is 0 Å². The van der Waals surface area contributed by atoms with Crippen molar-refractivity contribution in [1.29, 1.82) is 0 Å². The highest BCUT2D eigenvalue weighted by atomic mass is 15.3. The standard InChI is InChI=1S/C12H20N4/c1-3-11-5-4-9(2)16(11)12-14-7-6-10(8-13)15-12/h6-7,9,11H,3-5,8,13H2,1-2H3. The summed E-state index contributed by atoms with van der Waals surface area (Å²) in [6.45, 7) is 4.95. The molecule has 0 aliphatic carbocycles. The van der Waals surface area contributed by atoms with Crippen molar-refractivity contribution in [3.63, 3.8) is 0 Å². The van der Waals surface area contributed by atoms with Crippen molar-refractivity contribution >= 4 is 5.95 Å². The molecule has 1 saturated heterocycles. The molecule has 0 saturated carbocycles. The van der Waals surface area contributed by atoms with Crippen LogP contribution in [0.5, 0.6) is 0 Å². The van der Waals surface area contributed by atoms with E-state index in [1.54, 1.807) is 0 Å². The molecule has 2 unspecified atom stereocenters. The summed E-state index contributed by atoms with van der Waals surface area (Å²) in [4.78, 5) is 11.2. The van der Waals surface area contributed by atoms with Gasteiger partial charge in [0, 0.05) is 24.8 Å². The topological polar surface area (TPSA) is 55.0 Å². The molecule has 2 atom stereocenters. The van der Waals surface area contributed by atoms with E-state index in [4.69, 9.17) is 5.73 Å². The van der Waals surface area contributed by atoms with Gasteiger partial charge in [-0.25, -0.2) is 9.97 Å².